The summed E-state index contributed by atoms with van der Waals surface area (Å²) >= 11 is 0. The van der Waals surface area contributed by atoms with Gasteiger partial charge in [0.25, 0.3) is 0 Å². The maximum absolute atomic E-state index is 13.2. The van der Waals surface area contributed by atoms with E-state index in [4.69, 9.17) is 0 Å². The normalized spacial score (nSPS) is 10.3. The fourth-order valence-electron chi connectivity index (χ4n) is 2.17. The van der Waals surface area contributed by atoms with E-state index in [9.17, 15) is 9.18 Å². The Balaban J connectivity index is 1.97. The quantitative estimate of drug-likeness (QED) is 0.877. The van der Waals surface area contributed by atoms with E-state index in [1.807, 2.05) is 32.0 Å². The number of carbonyl (C=O) groups excluding carboxylic acids is 1. The lowest BCUT2D eigenvalue weighted by atomic mass is 10.1. The first-order chi connectivity index (χ1) is 9.97. The summed E-state index contributed by atoms with van der Waals surface area (Å²) in [5.41, 5.74) is 4.30. The Labute approximate surface area is 124 Å². The minimum Gasteiger partial charge on any atom is -0.334 e. The number of hydrogen-bond donors (Lipinski definition) is 2. The summed E-state index contributed by atoms with van der Waals surface area (Å²) in [7, 11) is 0. The molecule has 110 valence electrons. The molecule has 2 aromatic carbocycles. The number of rotatable bonds is 3. The van der Waals surface area contributed by atoms with Gasteiger partial charge in [0, 0.05) is 12.2 Å². The molecule has 0 aliphatic heterocycles. The van der Waals surface area contributed by atoms with Gasteiger partial charge in [0.05, 0.1) is 0 Å². The van der Waals surface area contributed by atoms with Crippen molar-refractivity contribution in [3.05, 3.63) is 64.5 Å². The topological polar surface area (TPSA) is 41.1 Å². The first-order valence-electron chi connectivity index (χ1n) is 6.83. The van der Waals surface area contributed by atoms with E-state index in [1.165, 1.54) is 6.07 Å². The molecule has 2 rings (SSSR count). The van der Waals surface area contributed by atoms with Crippen LogP contribution in [0.1, 0.15) is 22.3 Å². The summed E-state index contributed by atoms with van der Waals surface area (Å²) in [6.45, 7) is 5.96. The Morgan fingerprint density at radius 1 is 1.05 bits per heavy atom. The van der Waals surface area contributed by atoms with Gasteiger partial charge in [0.15, 0.2) is 0 Å². The number of anilines is 1. The van der Waals surface area contributed by atoms with Crippen LogP contribution in [0.4, 0.5) is 14.9 Å². The molecule has 0 aliphatic carbocycles. The van der Waals surface area contributed by atoms with Crippen LogP contribution in [0.2, 0.25) is 0 Å². The zero-order valence-electron chi connectivity index (χ0n) is 12.5. The average Bonchev–Trinajstić information content (AvgIpc) is 2.44. The van der Waals surface area contributed by atoms with E-state index < -0.39 is 0 Å². The molecule has 21 heavy (non-hydrogen) atoms. The van der Waals surface area contributed by atoms with Crippen molar-refractivity contribution in [3.63, 3.8) is 0 Å². The van der Waals surface area contributed by atoms with Crippen molar-refractivity contribution in [2.75, 3.05) is 5.32 Å². The molecule has 0 fully saturated rings. The predicted molar refractivity (Wildman–Crippen MR) is 82.9 cm³/mol. The van der Waals surface area contributed by atoms with Gasteiger partial charge in [-0.15, -0.1) is 0 Å². The SMILES string of the molecule is Cc1cc(CNC(=O)Nc2c(C)cccc2C)ccc1F. The summed E-state index contributed by atoms with van der Waals surface area (Å²) in [5.74, 6) is -0.237. The smallest absolute Gasteiger partial charge is 0.319 e. The molecule has 3 nitrogen and oxygen atoms in total. The third-order valence-corrected chi connectivity index (χ3v) is 3.40. The van der Waals surface area contributed by atoms with E-state index in [2.05, 4.69) is 10.6 Å². The predicted octanol–water partition coefficient (Wildman–Crippen LogP) is 4.07. The maximum atomic E-state index is 13.2. The highest BCUT2D eigenvalue weighted by molar-refractivity contribution is 5.90. The van der Waals surface area contributed by atoms with Crippen LogP contribution < -0.4 is 10.6 Å². The highest BCUT2D eigenvalue weighted by Gasteiger charge is 2.07. The summed E-state index contributed by atoms with van der Waals surface area (Å²) < 4.78 is 13.2. The molecule has 0 heterocycles. The van der Waals surface area contributed by atoms with Crippen LogP contribution in [0.5, 0.6) is 0 Å². The highest BCUT2D eigenvalue weighted by Crippen LogP contribution is 2.19. The molecule has 0 bridgehead atoms. The molecule has 4 heteroatoms. The number of halogens is 1. The van der Waals surface area contributed by atoms with Gasteiger partial charge in [-0.1, -0.05) is 30.3 Å². The van der Waals surface area contributed by atoms with Gasteiger partial charge in [-0.3, -0.25) is 0 Å². The Morgan fingerprint density at radius 2 is 1.71 bits per heavy atom. The van der Waals surface area contributed by atoms with Crippen molar-refractivity contribution in [1.82, 2.24) is 5.32 Å². The molecule has 2 N–H and O–H groups in total. The maximum Gasteiger partial charge on any atom is 0.319 e. The average molecular weight is 286 g/mol. The third kappa shape index (κ3) is 3.81. The number of benzene rings is 2. The molecular weight excluding hydrogens is 267 g/mol. The number of amides is 2. The summed E-state index contributed by atoms with van der Waals surface area (Å²) in [6.07, 6.45) is 0. The van der Waals surface area contributed by atoms with E-state index in [1.54, 1.807) is 19.1 Å². The Morgan fingerprint density at radius 3 is 2.33 bits per heavy atom. The molecule has 0 radical (unpaired) electrons. The summed E-state index contributed by atoms with van der Waals surface area (Å²) in [5, 5.41) is 5.63. The van der Waals surface area contributed by atoms with Crippen LogP contribution >= 0.6 is 0 Å². The number of hydrogen-bond acceptors (Lipinski definition) is 1. The van der Waals surface area contributed by atoms with E-state index in [0.29, 0.717) is 12.1 Å². The van der Waals surface area contributed by atoms with Crippen molar-refractivity contribution in [2.24, 2.45) is 0 Å². The number of para-hydroxylation sites is 1. The molecule has 2 amide bonds. The van der Waals surface area contributed by atoms with Crippen LogP contribution in [-0.4, -0.2) is 6.03 Å². The largest absolute Gasteiger partial charge is 0.334 e. The second-order valence-electron chi connectivity index (χ2n) is 5.16. The van der Waals surface area contributed by atoms with Crippen molar-refractivity contribution in [2.45, 2.75) is 27.3 Å². The van der Waals surface area contributed by atoms with Crippen LogP contribution in [0.15, 0.2) is 36.4 Å². The van der Waals surface area contributed by atoms with E-state index >= 15 is 0 Å². The van der Waals surface area contributed by atoms with E-state index in [0.717, 1.165) is 22.4 Å². The van der Waals surface area contributed by atoms with Gasteiger partial charge in [-0.25, -0.2) is 9.18 Å². The lowest BCUT2D eigenvalue weighted by Gasteiger charge is -2.12. The van der Waals surface area contributed by atoms with Gasteiger partial charge in [-0.05, 0) is 49.1 Å². The van der Waals surface area contributed by atoms with Crippen LogP contribution in [0, 0.1) is 26.6 Å². The molecule has 2 aromatic rings. The van der Waals surface area contributed by atoms with Gasteiger partial charge in [0.2, 0.25) is 0 Å². The number of carbonyl (C=O) groups is 1. The first-order valence-corrected chi connectivity index (χ1v) is 6.83. The van der Waals surface area contributed by atoms with Crippen molar-refractivity contribution in [3.8, 4) is 0 Å². The molecule has 0 saturated carbocycles. The fraction of sp³-hybridized carbons (Fsp3) is 0.235. The van der Waals surface area contributed by atoms with Crippen molar-refractivity contribution < 1.29 is 9.18 Å². The molecule has 0 spiro atoms. The summed E-state index contributed by atoms with van der Waals surface area (Å²) in [6, 6.07) is 10.4. The second-order valence-corrected chi connectivity index (χ2v) is 5.16. The molecule has 0 saturated heterocycles. The number of urea groups is 1. The lowest BCUT2D eigenvalue weighted by Crippen LogP contribution is -2.28. The third-order valence-electron chi connectivity index (χ3n) is 3.40. The zero-order valence-corrected chi connectivity index (χ0v) is 12.5. The fourth-order valence-corrected chi connectivity index (χ4v) is 2.17. The molecule has 0 aromatic heterocycles. The van der Waals surface area contributed by atoms with Crippen LogP contribution in [0.3, 0.4) is 0 Å². The van der Waals surface area contributed by atoms with Gasteiger partial charge in [0.1, 0.15) is 5.82 Å². The van der Waals surface area contributed by atoms with Crippen molar-refractivity contribution >= 4 is 11.7 Å². The van der Waals surface area contributed by atoms with Crippen LogP contribution in [-0.2, 0) is 6.54 Å². The van der Waals surface area contributed by atoms with Gasteiger partial charge in [-0.2, -0.15) is 0 Å². The minimum absolute atomic E-state index is 0.237. The minimum atomic E-state index is -0.269. The Kier molecular flexibility index (Phi) is 4.58. The summed E-state index contributed by atoms with van der Waals surface area (Å²) in [4.78, 5) is 11.9. The second kappa shape index (κ2) is 6.39. The molecular formula is C17H19FN2O. The Hall–Kier alpha value is -2.36. The molecule has 0 atom stereocenters. The highest BCUT2D eigenvalue weighted by atomic mass is 19.1. The monoisotopic (exact) mass is 286 g/mol. The number of aryl methyl sites for hydroxylation is 3. The zero-order chi connectivity index (χ0) is 15.4. The molecule has 0 aliphatic rings. The van der Waals surface area contributed by atoms with Crippen molar-refractivity contribution in [1.29, 1.82) is 0 Å². The van der Waals surface area contributed by atoms with E-state index in [-0.39, 0.29) is 11.8 Å². The van der Waals surface area contributed by atoms with Gasteiger partial charge < -0.3 is 10.6 Å². The number of nitrogens with one attached hydrogen (secondary N) is 2. The molecule has 0 unspecified atom stereocenters. The first kappa shape index (κ1) is 15.0. The van der Waals surface area contributed by atoms with Crippen LogP contribution in [0.25, 0.3) is 0 Å². The Bertz CT molecular complexity index is 648. The van der Waals surface area contributed by atoms with Gasteiger partial charge >= 0.3 is 6.03 Å². The standard InChI is InChI=1S/C17H19FN2O/c1-11-5-4-6-12(2)16(11)20-17(21)19-10-14-7-8-15(18)13(3)9-14/h4-9H,10H2,1-3H3,(H2,19,20,21). The lowest BCUT2D eigenvalue weighted by molar-refractivity contribution is 0.251.